The molecule has 2 N–H and O–H groups in total. The Labute approximate surface area is 190 Å². The van der Waals surface area contributed by atoms with Gasteiger partial charge in [-0.25, -0.2) is 15.0 Å². The number of carbonyl (C=O) groups is 2. The SMILES string of the molecule is O=C(Nc1cnccc1C(=O)N1CCOCC1)c1nc(C2CC2)ccc1Nc1cncnc1. The molecule has 168 valence electrons. The molecule has 0 unspecified atom stereocenters. The molecule has 1 saturated carbocycles. The third-order valence-electron chi connectivity index (χ3n) is 5.57. The molecule has 5 rings (SSSR count). The van der Waals surface area contributed by atoms with E-state index < -0.39 is 5.91 Å². The molecule has 3 aromatic rings. The zero-order valence-electron chi connectivity index (χ0n) is 17.9. The van der Waals surface area contributed by atoms with Gasteiger partial charge in [0.2, 0.25) is 0 Å². The number of rotatable bonds is 6. The molecule has 10 nitrogen and oxygen atoms in total. The molecule has 4 heterocycles. The summed E-state index contributed by atoms with van der Waals surface area (Å²) >= 11 is 0. The third-order valence-corrected chi connectivity index (χ3v) is 5.57. The summed E-state index contributed by atoms with van der Waals surface area (Å²) < 4.78 is 5.34. The Morgan fingerprint density at radius 2 is 1.76 bits per heavy atom. The van der Waals surface area contributed by atoms with Crippen molar-refractivity contribution in [3.63, 3.8) is 0 Å². The maximum absolute atomic E-state index is 13.4. The van der Waals surface area contributed by atoms with Gasteiger partial charge in [0.1, 0.15) is 6.33 Å². The molecule has 10 heteroatoms. The number of ether oxygens (including phenoxy) is 1. The van der Waals surface area contributed by atoms with Crippen LogP contribution in [0.3, 0.4) is 0 Å². The zero-order chi connectivity index (χ0) is 22.6. The van der Waals surface area contributed by atoms with Crippen molar-refractivity contribution in [2.45, 2.75) is 18.8 Å². The molecule has 33 heavy (non-hydrogen) atoms. The summed E-state index contributed by atoms with van der Waals surface area (Å²) in [4.78, 5) is 44.9. The number of carbonyl (C=O) groups excluding carboxylic acids is 2. The number of aromatic nitrogens is 4. The highest BCUT2D eigenvalue weighted by molar-refractivity contribution is 6.10. The third kappa shape index (κ3) is 4.80. The minimum absolute atomic E-state index is 0.171. The summed E-state index contributed by atoms with van der Waals surface area (Å²) in [5.41, 5.74) is 2.99. The Balaban J connectivity index is 1.43. The van der Waals surface area contributed by atoms with Gasteiger partial charge in [-0.2, -0.15) is 0 Å². The van der Waals surface area contributed by atoms with E-state index in [9.17, 15) is 9.59 Å². The lowest BCUT2D eigenvalue weighted by Gasteiger charge is -2.27. The van der Waals surface area contributed by atoms with Crippen molar-refractivity contribution >= 4 is 28.9 Å². The molecular weight excluding hydrogens is 422 g/mol. The summed E-state index contributed by atoms with van der Waals surface area (Å²) in [5.74, 6) is -0.223. The standard InChI is InChI=1S/C23H23N7O3/c31-22(29-20-13-24-6-5-17(20)23(32)30-7-9-33-10-8-30)21-19(27-16-11-25-14-26-12-16)4-3-18(28-21)15-1-2-15/h3-6,11-15,27H,1-2,7-10H2,(H,29,31). The fourth-order valence-electron chi connectivity index (χ4n) is 3.67. The van der Waals surface area contributed by atoms with Gasteiger partial charge in [0.05, 0.1) is 54.4 Å². The topological polar surface area (TPSA) is 122 Å². The first kappa shape index (κ1) is 21.0. The minimum Gasteiger partial charge on any atom is -0.378 e. The van der Waals surface area contributed by atoms with Gasteiger partial charge in [-0.3, -0.25) is 14.6 Å². The second kappa shape index (κ2) is 9.29. The minimum atomic E-state index is -0.430. The summed E-state index contributed by atoms with van der Waals surface area (Å²) in [6, 6.07) is 5.38. The van der Waals surface area contributed by atoms with Gasteiger partial charge >= 0.3 is 0 Å². The Hall–Kier alpha value is -3.92. The number of amides is 2. The second-order valence-corrected chi connectivity index (χ2v) is 7.94. The summed E-state index contributed by atoms with van der Waals surface area (Å²) in [7, 11) is 0. The summed E-state index contributed by atoms with van der Waals surface area (Å²) in [5, 5.41) is 6.01. The molecule has 1 aliphatic heterocycles. The van der Waals surface area contributed by atoms with Crippen molar-refractivity contribution in [2.75, 3.05) is 36.9 Å². The molecule has 0 radical (unpaired) electrons. The number of morpholine rings is 1. The summed E-state index contributed by atoms with van der Waals surface area (Å²) in [6.45, 7) is 2.00. The smallest absolute Gasteiger partial charge is 0.276 e. The first-order chi connectivity index (χ1) is 16.2. The number of anilines is 3. The Morgan fingerprint density at radius 1 is 0.970 bits per heavy atom. The number of pyridine rings is 2. The zero-order valence-corrected chi connectivity index (χ0v) is 17.9. The number of hydrogen-bond donors (Lipinski definition) is 2. The van der Waals surface area contributed by atoms with Crippen molar-refractivity contribution in [3.05, 3.63) is 66.3 Å². The lowest BCUT2D eigenvalue weighted by molar-refractivity contribution is 0.0303. The molecule has 0 bridgehead atoms. The van der Waals surface area contributed by atoms with Gasteiger partial charge in [-0.15, -0.1) is 0 Å². The van der Waals surface area contributed by atoms with E-state index in [0.29, 0.717) is 54.8 Å². The number of hydrogen-bond acceptors (Lipinski definition) is 8. The molecular formula is C23H23N7O3. The lowest BCUT2D eigenvalue weighted by Crippen LogP contribution is -2.41. The molecule has 1 saturated heterocycles. The van der Waals surface area contributed by atoms with Gasteiger partial charge in [0.25, 0.3) is 11.8 Å². The molecule has 2 aliphatic rings. The van der Waals surface area contributed by atoms with Crippen molar-refractivity contribution in [1.29, 1.82) is 0 Å². The number of nitrogens with one attached hydrogen (secondary N) is 2. The molecule has 3 aromatic heterocycles. The van der Waals surface area contributed by atoms with E-state index in [1.165, 1.54) is 18.7 Å². The van der Waals surface area contributed by atoms with E-state index in [1.807, 2.05) is 12.1 Å². The van der Waals surface area contributed by atoms with E-state index in [2.05, 4.69) is 30.6 Å². The largest absolute Gasteiger partial charge is 0.378 e. The van der Waals surface area contributed by atoms with E-state index >= 15 is 0 Å². The predicted molar refractivity (Wildman–Crippen MR) is 120 cm³/mol. The second-order valence-electron chi connectivity index (χ2n) is 7.94. The molecule has 2 fully saturated rings. The van der Waals surface area contributed by atoms with Crippen LogP contribution in [0.15, 0.2) is 49.3 Å². The maximum Gasteiger partial charge on any atom is 0.276 e. The van der Waals surface area contributed by atoms with Crippen LogP contribution >= 0.6 is 0 Å². The van der Waals surface area contributed by atoms with Crippen LogP contribution in [0.2, 0.25) is 0 Å². The Morgan fingerprint density at radius 3 is 2.52 bits per heavy atom. The van der Waals surface area contributed by atoms with Crippen LogP contribution in [0.4, 0.5) is 17.1 Å². The van der Waals surface area contributed by atoms with Crippen molar-refractivity contribution in [2.24, 2.45) is 0 Å². The molecule has 0 spiro atoms. The average Bonchev–Trinajstić information content (AvgIpc) is 3.71. The lowest BCUT2D eigenvalue weighted by atomic mass is 10.1. The van der Waals surface area contributed by atoms with Crippen LogP contribution < -0.4 is 10.6 Å². The Bertz CT molecular complexity index is 1160. The maximum atomic E-state index is 13.4. The van der Waals surface area contributed by atoms with E-state index in [1.54, 1.807) is 23.4 Å². The monoisotopic (exact) mass is 445 g/mol. The van der Waals surface area contributed by atoms with Crippen LogP contribution in [0.5, 0.6) is 0 Å². The Kier molecular flexibility index (Phi) is 5.90. The van der Waals surface area contributed by atoms with Crippen LogP contribution in [0, 0.1) is 0 Å². The summed E-state index contributed by atoms with van der Waals surface area (Å²) in [6.07, 6.45) is 9.81. The average molecular weight is 445 g/mol. The van der Waals surface area contributed by atoms with Crippen molar-refractivity contribution in [3.8, 4) is 0 Å². The van der Waals surface area contributed by atoms with Crippen molar-refractivity contribution < 1.29 is 14.3 Å². The fraction of sp³-hybridized carbons (Fsp3) is 0.304. The molecule has 0 aromatic carbocycles. The van der Waals surface area contributed by atoms with Gasteiger partial charge in [-0.1, -0.05) is 0 Å². The van der Waals surface area contributed by atoms with E-state index in [-0.39, 0.29) is 11.6 Å². The van der Waals surface area contributed by atoms with E-state index in [4.69, 9.17) is 4.74 Å². The first-order valence-corrected chi connectivity index (χ1v) is 10.8. The predicted octanol–water partition coefficient (Wildman–Crippen LogP) is 2.61. The van der Waals surface area contributed by atoms with Gasteiger partial charge in [0, 0.05) is 30.9 Å². The fourth-order valence-corrected chi connectivity index (χ4v) is 3.67. The van der Waals surface area contributed by atoms with Crippen LogP contribution in [0.25, 0.3) is 0 Å². The van der Waals surface area contributed by atoms with Crippen LogP contribution in [-0.2, 0) is 4.74 Å². The molecule has 2 amide bonds. The van der Waals surface area contributed by atoms with E-state index in [0.717, 1.165) is 18.5 Å². The highest BCUT2D eigenvalue weighted by Gasteiger charge is 2.28. The van der Waals surface area contributed by atoms with Gasteiger partial charge in [0.15, 0.2) is 5.69 Å². The van der Waals surface area contributed by atoms with Crippen LogP contribution in [-0.4, -0.2) is 63.0 Å². The van der Waals surface area contributed by atoms with Gasteiger partial charge < -0.3 is 20.3 Å². The number of nitrogens with zero attached hydrogens (tertiary/aromatic N) is 5. The molecule has 0 atom stereocenters. The van der Waals surface area contributed by atoms with Gasteiger partial charge in [-0.05, 0) is 31.0 Å². The van der Waals surface area contributed by atoms with Crippen molar-refractivity contribution in [1.82, 2.24) is 24.8 Å². The normalized spacial score (nSPS) is 15.7. The van der Waals surface area contributed by atoms with Crippen LogP contribution in [0.1, 0.15) is 45.3 Å². The highest BCUT2D eigenvalue weighted by atomic mass is 16.5. The molecule has 1 aliphatic carbocycles. The quantitative estimate of drug-likeness (QED) is 0.594. The highest BCUT2D eigenvalue weighted by Crippen LogP contribution is 2.39. The first-order valence-electron chi connectivity index (χ1n) is 10.8.